The lowest BCUT2D eigenvalue weighted by Gasteiger charge is -2.70. The second-order valence-electron chi connectivity index (χ2n) is 19.0. The van der Waals surface area contributed by atoms with E-state index in [2.05, 4.69) is 41.5 Å². The van der Waals surface area contributed by atoms with Crippen LogP contribution in [0.4, 0.5) is 0 Å². The maximum atomic E-state index is 14.7. The first-order valence-corrected chi connectivity index (χ1v) is 19.5. The van der Waals surface area contributed by atoms with Gasteiger partial charge < -0.3 is 14.6 Å². The summed E-state index contributed by atoms with van der Waals surface area (Å²) in [6, 6.07) is 14.5. The number of rotatable bonds is 6. The van der Waals surface area contributed by atoms with Crippen LogP contribution in [0.1, 0.15) is 122 Å². The number of methoxy groups -OCH3 is 1. The number of benzene rings is 2. The smallest absolute Gasteiger partial charge is 0.317 e. The zero-order chi connectivity index (χ0) is 37.5. The van der Waals surface area contributed by atoms with Crippen molar-refractivity contribution in [3.8, 4) is 11.5 Å². The fourth-order valence-electron chi connectivity index (χ4n) is 12.3. The maximum absolute atomic E-state index is 14.7. The zero-order valence-electron chi connectivity index (χ0n) is 32.5. The topological polar surface area (TPSA) is 89.9 Å². The van der Waals surface area contributed by atoms with E-state index in [0.717, 1.165) is 50.5 Å². The summed E-state index contributed by atoms with van der Waals surface area (Å²) >= 11 is 0. The highest BCUT2D eigenvalue weighted by Gasteiger charge is 2.70. The van der Waals surface area contributed by atoms with E-state index in [-0.39, 0.29) is 62.6 Å². The SMILES string of the molecule is COc1ccc(/C=C/C(=O)c2ccccc2)cc1OC(=O)[C@@]1(C)CC[C@]2(C)CC[C@]3(C)C(=CC(=O)[C@@H]4[C@@]5(C)CC[C@H](O)C(C)(C)[C@@H]5CC[C@]43C)[C@@H]2C1. The van der Waals surface area contributed by atoms with Gasteiger partial charge in [-0.3, -0.25) is 14.4 Å². The number of fused-ring (bicyclic) bond motifs is 7. The minimum absolute atomic E-state index is 0.000343. The Hall–Kier alpha value is -3.51. The quantitative estimate of drug-likeness (QED) is 0.139. The minimum Gasteiger partial charge on any atom is -0.493 e. The van der Waals surface area contributed by atoms with Crippen LogP contribution in [0.3, 0.4) is 0 Å². The number of hydrogen-bond donors (Lipinski definition) is 1. The average molecular weight is 707 g/mol. The molecule has 0 spiro atoms. The third kappa shape index (κ3) is 5.48. The summed E-state index contributed by atoms with van der Waals surface area (Å²) in [5.41, 5.74) is 1.09. The summed E-state index contributed by atoms with van der Waals surface area (Å²) in [5.74, 6) is 0.954. The third-order valence-corrected chi connectivity index (χ3v) is 15.9. The summed E-state index contributed by atoms with van der Waals surface area (Å²) in [6.07, 6.45) is 12.9. The number of carbonyl (C=O) groups is 3. The number of esters is 1. The number of aliphatic hydroxyl groups excluding tert-OH is 1. The first-order valence-electron chi connectivity index (χ1n) is 19.5. The molecule has 4 fully saturated rings. The minimum atomic E-state index is -0.753. The predicted octanol–water partition coefficient (Wildman–Crippen LogP) is 9.84. The highest BCUT2D eigenvalue weighted by atomic mass is 16.6. The lowest BCUT2D eigenvalue weighted by atomic mass is 9.33. The summed E-state index contributed by atoms with van der Waals surface area (Å²) in [4.78, 5) is 41.7. The van der Waals surface area contributed by atoms with Crippen LogP contribution in [0.5, 0.6) is 11.5 Å². The molecule has 0 radical (unpaired) electrons. The number of ketones is 2. The van der Waals surface area contributed by atoms with Crippen LogP contribution in [0.15, 0.2) is 66.3 Å². The Balaban J connectivity index is 1.17. The Labute approximate surface area is 310 Å². The van der Waals surface area contributed by atoms with Crippen molar-refractivity contribution in [1.29, 1.82) is 0 Å². The Kier molecular flexibility index (Phi) is 8.88. The Morgan fingerprint density at radius 3 is 2.27 bits per heavy atom. The van der Waals surface area contributed by atoms with E-state index in [4.69, 9.17) is 9.47 Å². The van der Waals surface area contributed by atoms with Gasteiger partial charge in [0.15, 0.2) is 23.1 Å². The van der Waals surface area contributed by atoms with Gasteiger partial charge >= 0.3 is 5.97 Å². The second-order valence-corrected chi connectivity index (χ2v) is 19.0. The van der Waals surface area contributed by atoms with Crippen LogP contribution < -0.4 is 9.47 Å². The van der Waals surface area contributed by atoms with E-state index >= 15 is 0 Å². The molecule has 0 aromatic heterocycles. The van der Waals surface area contributed by atoms with Gasteiger partial charge in [0.05, 0.1) is 18.6 Å². The highest BCUT2D eigenvalue weighted by Crippen LogP contribution is 2.75. The summed E-state index contributed by atoms with van der Waals surface area (Å²) in [6.45, 7) is 16.0. The molecular weight excluding hydrogens is 649 g/mol. The van der Waals surface area contributed by atoms with Crippen molar-refractivity contribution in [2.24, 2.45) is 50.2 Å². The molecule has 7 rings (SSSR count). The van der Waals surface area contributed by atoms with Crippen molar-refractivity contribution in [3.05, 3.63) is 77.4 Å². The van der Waals surface area contributed by atoms with Crippen molar-refractivity contribution >= 4 is 23.6 Å². The molecule has 2 aromatic carbocycles. The van der Waals surface area contributed by atoms with Crippen molar-refractivity contribution < 1.29 is 29.0 Å². The average Bonchev–Trinajstić information content (AvgIpc) is 3.11. The van der Waals surface area contributed by atoms with E-state index in [0.29, 0.717) is 35.8 Å². The molecule has 0 saturated heterocycles. The normalized spacial score (nSPS) is 39.3. The standard InChI is InChI=1S/C46H58O6/c1-41(2)37-18-21-46(7)39(44(37,5)20-19-38(41)49)34(48)27-31-32-28-43(4,23-22-42(32,3)24-25-45(31,46)6)40(50)52-36-26-29(15-17-35(36)51-8)14-16-33(47)30-12-10-9-11-13-30/h9-17,26-27,32,37-39,49H,18-25,28H2,1-8H3/b16-14+/t32-,37-,38-,39+,42+,43-,44-,45+,46+/m0/s1. The number of ether oxygens (including phenoxy) is 2. The third-order valence-electron chi connectivity index (χ3n) is 15.9. The van der Waals surface area contributed by atoms with Gasteiger partial charge in [0.1, 0.15) is 0 Å². The highest BCUT2D eigenvalue weighted by molar-refractivity contribution is 6.06. The summed E-state index contributed by atoms with van der Waals surface area (Å²) in [7, 11) is 1.56. The van der Waals surface area contributed by atoms with Gasteiger partial charge in [0.2, 0.25) is 0 Å². The predicted molar refractivity (Wildman–Crippen MR) is 204 cm³/mol. The molecule has 6 heteroatoms. The van der Waals surface area contributed by atoms with Gasteiger partial charge in [-0.25, -0.2) is 0 Å². The lowest BCUT2D eigenvalue weighted by molar-refractivity contribution is -0.202. The monoisotopic (exact) mass is 706 g/mol. The first-order chi connectivity index (χ1) is 24.4. The van der Waals surface area contributed by atoms with E-state index < -0.39 is 5.41 Å². The van der Waals surface area contributed by atoms with Crippen LogP contribution in [-0.4, -0.2) is 35.9 Å². The van der Waals surface area contributed by atoms with E-state index in [1.54, 1.807) is 37.5 Å². The lowest BCUT2D eigenvalue weighted by Crippen LogP contribution is -2.66. The molecule has 0 bridgehead atoms. The molecule has 52 heavy (non-hydrogen) atoms. The molecule has 2 aromatic rings. The molecule has 0 unspecified atom stereocenters. The maximum Gasteiger partial charge on any atom is 0.317 e. The van der Waals surface area contributed by atoms with Crippen molar-refractivity contribution in [3.63, 3.8) is 0 Å². The van der Waals surface area contributed by atoms with Gasteiger partial charge in [-0.15, -0.1) is 0 Å². The van der Waals surface area contributed by atoms with E-state index in [1.165, 1.54) is 11.6 Å². The Morgan fingerprint density at radius 2 is 1.56 bits per heavy atom. The first kappa shape index (κ1) is 36.8. The molecule has 278 valence electrons. The number of allylic oxidation sites excluding steroid dienone is 3. The van der Waals surface area contributed by atoms with Crippen molar-refractivity contribution in [1.82, 2.24) is 0 Å². The molecule has 0 aliphatic heterocycles. The summed E-state index contributed by atoms with van der Waals surface area (Å²) in [5, 5.41) is 11.1. The fourth-order valence-corrected chi connectivity index (χ4v) is 12.3. The van der Waals surface area contributed by atoms with Crippen LogP contribution in [-0.2, 0) is 9.59 Å². The molecule has 9 atom stereocenters. The molecule has 5 aliphatic rings. The summed E-state index contributed by atoms with van der Waals surface area (Å²) < 4.78 is 11.8. The van der Waals surface area contributed by atoms with Crippen LogP contribution in [0.25, 0.3) is 6.08 Å². The van der Waals surface area contributed by atoms with Gasteiger partial charge in [-0.2, -0.15) is 0 Å². The van der Waals surface area contributed by atoms with Crippen LogP contribution in [0.2, 0.25) is 0 Å². The van der Waals surface area contributed by atoms with Crippen molar-refractivity contribution in [2.45, 2.75) is 112 Å². The van der Waals surface area contributed by atoms with Gasteiger partial charge in [0.25, 0.3) is 0 Å². The number of hydrogen-bond acceptors (Lipinski definition) is 6. The molecule has 0 amide bonds. The molecule has 5 aliphatic carbocycles. The van der Waals surface area contributed by atoms with Crippen LogP contribution >= 0.6 is 0 Å². The molecule has 1 N–H and O–H groups in total. The van der Waals surface area contributed by atoms with E-state index in [9.17, 15) is 19.5 Å². The van der Waals surface area contributed by atoms with Gasteiger partial charge in [-0.05, 0) is 133 Å². The fraction of sp³-hybridized carbons (Fsp3) is 0.587. The second kappa shape index (κ2) is 12.5. The molecule has 6 nitrogen and oxygen atoms in total. The number of carbonyl (C=O) groups excluding carboxylic acids is 3. The molecular formula is C46H58O6. The number of aliphatic hydroxyl groups is 1. The van der Waals surface area contributed by atoms with Gasteiger partial charge in [-0.1, -0.05) is 89.6 Å². The van der Waals surface area contributed by atoms with E-state index in [1.807, 2.05) is 37.3 Å². The zero-order valence-corrected chi connectivity index (χ0v) is 32.5. The van der Waals surface area contributed by atoms with Gasteiger partial charge in [0, 0.05) is 11.5 Å². The van der Waals surface area contributed by atoms with Crippen molar-refractivity contribution in [2.75, 3.05) is 7.11 Å². The largest absolute Gasteiger partial charge is 0.493 e. The Morgan fingerprint density at radius 1 is 0.846 bits per heavy atom. The van der Waals surface area contributed by atoms with Crippen LogP contribution in [0, 0.1) is 50.2 Å². The molecule has 0 heterocycles. The molecule has 4 saturated carbocycles. The Bertz CT molecular complexity index is 1840.